The number of aryl methyl sites for hydroxylation is 1. The minimum Gasteiger partial charge on any atom is -0.508 e. The molecule has 6 heteroatoms. The van der Waals surface area contributed by atoms with Crippen molar-refractivity contribution in [2.75, 3.05) is 0 Å². The average Bonchev–Trinajstić information content (AvgIpc) is 3.27. The van der Waals surface area contributed by atoms with E-state index in [4.69, 9.17) is 21.3 Å². The van der Waals surface area contributed by atoms with E-state index in [0.717, 1.165) is 42.7 Å². The summed E-state index contributed by atoms with van der Waals surface area (Å²) in [6.07, 6.45) is 5.20. The molecule has 0 bridgehead atoms. The van der Waals surface area contributed by atoms with Gasteiger partial charge in [0.15, 0.2) is 0 Å². The van der Waals surface area contributed by atoms with Crippen LogP contribution in [0.5, 0.6) is 11.6 Å². The third-order valence-corrected chi connectivity index (χ3v) is 4.58. The van der Waals surface area contributed by atoms with E-state index >= 15 is 0 Å². The van der Waals surface area contributed by atoms with Crippen molar-refractivity contribution >= 4 is 23.0 Å². The first-order valence-electron chi connectivity index (χ1n) is 8.49. The SMILES string of the molecule is CCCC(=Nc1c(C)ncnc1OC1(C)CC1)c1ccc(O)cc1Cl. The summed E-state index contributed by atoms with van der Waals surface area (Å²) in [4.78, 5) is 13.4. The summed E-state index contributed by atoms with van der Waals surface area (Å²) in [6.45, 7) is 6.05. The van der Waals surface area contributed by atoms with Crippen LogP contribution in [0.3, 0.4) is 0 Å². The maximum atomic E-state index is 9.60. The Morgan fingerprint density at radius 2 is 2.12 bits per heavy atom. The minimum absolute atomic E-state index is 0.134. The van der Waals surface area contributed by atoms with Gasteiger partial charge in [-0.3, -0.25) is 0 Å². The van der Waals surface area contributed by atoms with Crippen LogP contribution in [-0.4, -0.2) is 26.4 Å². The zero-order valence-corrected chi connectivity index (χ0v) is 15.5. The first-order chi connectivity index (χ1) is 11.9. The number of benzene rings is 1. The molecule has 1 N–H and O–H groups in total. The Labute approximate surface area is 152 Å². The highest BCUT2D eigenvalue weighted by Crippen LogP contribution is 2.42. The normalized spacial score (nSPS) is 15.9. The van der Waals surface area contributed by atoms with Crippen molar-refractivity contribution < 1.29 is 9.84 Å². The summed E-state index contributed by atoms with van der Waals surface area (Å²) in [5, 5.41) is 10.1. The molecule has 0 amide bonds. The van der Waals surface area contributed by atoms with Gasteiger partial charge in [0.1, 0.15) is 23.4 Å². The molecule has 0 atom stereocenters. The highest BCUT2D eigenvalue weighted by atomic mass is 35.5. The molecule has 3 rings (SSSR count). The third-order valence-electron chi connectivity index (χ3n) is 4.27. The second-order valence-electron chi connectivity index (χ2n) is 6.64. The van der Waals surface area contributed by atoms with Crippen LogP contribution in [0, 0.1) is 6.92 Å². The number of rotatable bonds is 6. The van der Waals surface area contributed by atoms with Crippen LogP contribution in [-0.2, 0) is 0 Å². The number of nitrogens with zero attached hydrogens (tertiary/aromatic N) is 3. The van der Waals surface area contributed by atoms with E-state index in [1.54, 1.807) is 12.1 Å². The maximum Gasteiger partial charge on any atom is 0.243 e. The molecule has 1 aromatic carbocycles. The van der Waals surface area contributed by atoms with Crippen molar-refractivity contribution in [3.8, 4) is 11.6 Å². The van der Waals surface area contributed by atoms with Crippen molar-refractivity contribution in [1.29, 1.82) is 0 Å². The van der Waals surface area contributed by atoms with Crippen molar-refractivity contribution in [3.63, 3.8) is 0 Å². The zero-order valence-electron chi connectivity index (χ0n) is 14.7. The molecule has 2 aromatic rings. The molecule has 5 nitrogen and oxygen atoms in total. The second kappa shape index (κ2) is 7.00. The number of aliphatic imine (C=N–C) groups is 1. The van der Waals surface area contributed by atoms with E-state index in [2.05, 4.69) is 23.8 Å². The lowest BCUT2D eigenvalue weighted by Gasteiger charge is -2.15. The Balaban J connectivity index is 2.06. The number of ether oxygens (including phenoxy) is 1. The number of aromatic hydroxyl groups is 1. The third kappa shape index (κ3) is 4.10. The van der Waals surface area contributed by atoms with Gasteiger partial charge < -0.3 is 9.84 Å². The van der Waals surface area contributed by atoms with Gasteiger partial charge in [-0.25, -0.2) is 9.98 Å². The van der Waals surface area contributed by atoms with Crippen molar-refractivity contribution in [3.05, 3.63) is 40.8 Å². The fourth-order valence-corrected chi connectivity index (χ4v) is 2.80. The number of halogens is 1. The standard InChI is InChI=1S/C19H22ClN3O2/c1-4-5-16(14-7-6-13(24)10-15(14)20)23-17-12(2)21-11-22-18(17)25-19(3)8-9-19/h6-7,10-11,24H,4-5,8-9H2,1-3H3. The second-order valence-corrected chi connectivity index (χ2v) is 7.04. The molecular weight excluding hydrogens is 338 g/mol. The van der Waals surface area contributed by atoms with Crippen molar-refractivity contribution in [1.82, 2.24) is 9.97 Å². The summed E-state index contributed by atoms with van der Waals surface area (Å²) in [6, 6.07) is 4.93. The molecule has 25 heavy (non-hydrogen) atoms. The molecule has 1 fully saturated rings. The number of phenols is 1. The van der Waals surface area contributed by atoms with E-state index in [1.165, 1.54) is 12.4 Å². The Morgan fingerprint density at radius 3 is 2.76 bits per heavy atom. The van der Waals surface area contributed by atoms with Gasteiger partial charge in [0.05, 0.1) is 16.4 Å². The smallest absolute Gasteiger partial charge is 0.243 e. The van der Waals surface area contributed by atoms with Crippen LogP contribution in [0.1, 0.15) is 50.8 Å². The van der Waals surface area contributed by atoms with Gasteiger partial charge in [0.25, 0.3) is 0 Å². The molecule has 0 saturated heterocycles. The predicted octanol–water partition coefficient (Wildman–Crippen LogP) is 5.00. The molecule has 1 aromatic heterocycles. The molecule has 1 aliphatic rings. The van der Waals surface area contributed by atoms with E-state index in [1.807, 2.05) is 6.92 Å². The molecule has 0 aliphatic heterocycles. The van der Waals surface area contributed by atoms with E-state index in [0.29, 0.717) is 16.6 Å². The largest absolute Gasteiger partial charge is 0.508 e. The monoisotopic (exact) mass is 359 g/mol. The van der Waals surface area contributed by atoms with E-state index in [-0.39, 0.29) is 11.4 Å². The first kappa shape index (κ1) is 17.7. The molecule has 0 unspecified atom stereocenters. The van der Waals surface area contributed by atoms with Gasteiger partial charge in [-0.05, 0) is 51.3 Å². The van der Waals surface area contributed by atoms with Gasteiger partial charge in [-0.15, -0.1) is 0 Å². The summed E-state index contributed by atoms with van der Waals surface area (Å²) >= 11 is 6.32. The first-order valence-corrected chi connectivity index (χ1v) is 8.87. The molecule has 1 saturated carbocycles. The average molecular weight is 360 g/mol. The van der Waals surface area contributed by atoms with Gasteiger partial charge in [-0.2, -0.15) is 4.98 Å². The highest BCUT2D eigenvalue weighted by Gasteiger charge is 2.41. The zero-order chi connectivity index (χ0) is 18.0. The lowest BCUT2D eigenvalue weighted by atomic mass is 10.1. The van der Waals surface area contributed by atoms with Gasteiger partial charge >= 0.3 is 0 Å². The molecule has 0 spiro atoms. The number of hydrogen-bond acceptors (Lipinski definition) is 5. The van der Waals surface area contributed by atoms with Gasteiger partial charge in [-0.1, -0.05) is 24.9 Å². The van der Waals surface area contributed by atoms with Crippen molar-refractivity contribution in [2.24, 2.45) is 4.99 Å². The quantitative estimate of drug-likeness (QED) is 0.737. The Bertz CT molecular complexity index is 816. The lowest BCUT2D eigenvalue weighted by molar-refractivity contribution is 0.192. The minimum atomic E-state index is -0.147. The molecule has 1 aliphatic carbocycles. The lowest BCUT2D eigenvalue weighted by Crippen LogP contribution is -2.14. The Hall–Kier alpha value is -2.14. The summed E-state index contributed by atoms with van der Waals surface area (Å²) in [5.74, 6) is 0.644. The summed E-state index contributed by atoms with van der Waals surface area (Å²) in [7, 11) is 0. The van der Waals surface area contributed by atoms with Gasteiger partial charge in [0.2, 0.25) is 5.88 Å². The molecule has 132 valence electrons. The van der Waals surface area contributed by atoms with E-state index < -0.39 is 0 Å². The molecule has 0 radical (unpaired) electrons. The Morgan fingerprint density at radius 1 is 1.36 bits per heavy atom. The molecule has 1 heterocycles. The van der Waals surface area contributed by atoms with Crippen molar-refractivity contribution in [2.45, 2.75) is 52.1 Å². The predicted molar refractivity (Wildman–Crippen MR) is 99.3 cm³/mol. The summed E-state index contributed by atoms with van der Waals surface area (Å²) < 4.78 is 6.06. The Kier molecular flexibility index (Phi) is 4.95. The van der Waals surface area contributed by atoms with Crippen LogP contribution >= 0.6 is 11.6 Å². The molecular formula is C19H22ClN3O2. The number of aromatic nitrogens is 2. The van der Waals surface area contributed by atoms with Crippen LogP contribution in [0.25, 0.3) is 0 Å². The van der Waals surface area contributed by atoms with E-state index in [9.17, 15) is 5.11 Å². The van der Waals surface area contributed by atoms with Crippen LogP contribution in [0.2, 0.25) is 5.02 Å². The van der Waals surface area contributed by atoms with Crippen LogP contribution in [0.4, 0.5) is 5.69 Å². The summed E-state index contributed by atoms with van der Waals surface area (Å²) in [5.41, 5.74) is 2.89. The number of hydrogen-bond donors (Lipinski definition) is 1. The van der Waals surface area contributed by atoms with Crippen LogP contribution in [0.15, 0.2) is 29.5 Å². The fraction of sp³-hybridized carbons (Fsp3) is 0.421. The maximum absolute atomic E-state index is 9.60. The van der Waals surface area contributed by atoms with Gasteiger partial charge in [0, 0.05) is 5.56 Å². The topological polar surface area (TPSA) is 67.6 Å². The highest BCUT2D eigenvalue weighted by molar-refractivity contribution is 6.34. The van der Waals surface area contributed by atoms with Crippen LogP contribution < -0.4 is 4.74 Å². The fourth-order valence-electron chi connectivity index (χ4n) is 2.52. The number of phenolic OH excluding ortho intramolecular Hbond substituents is 1.